The standard InChI is InChI=1S/C21H19N5O6/c1-11-7-12(2)17(13(3)8-11)25-20(29)16(19(28)23-21(25)30)10-22-24-18(27)14-5-4-6-15(9-14)26(31)32/h4-10,29H,1-3H3,(H,24,27)(H,23,28,30). The molecule has 0 spiro atoms. The van der Waals surface area contributed by atoms with Crippen LogP contribution in [-0.4, -0.2) is 31.7 Å². The van der Waals surface area contributed by atoms with Gasteiger partial charge in [-0.05, 0) is 38.0 Å². The second-order valence-corrected chi connectivity index (χ2v) is 7.09. The van der Waals surface area contributed by atoms with Crippen molar-refractivity contribution in [1.82, 2.24) is 15.0 Å². The van der Waals surface area contributed by atoms with Crippen LogP contribution in [0.1, 0.15) is 32.6 Å². The van der Waals surface area contributed by atoms with Crippen molar-refractivity contribution < 1.29 is 14.8 Å². The van der Waals surface area contributed by atoms with Gasteiger partial charge in [-0.3, -0.25) is 24.7 Å². The number of rotatable bonds is 5. The minimum absolute atomic E-state index is 0.0228. The Bertz CT molecular complexity index is 1360. The number of nitro groups is 1. The van der Waals surface area contributed by atoms with E-state index in [1.165, 1.54) is 18.2 Å². The number of amides is 1. The number of non-ortho nitro benzene ring substituents is 1. The van der Waals surface area contributed by atoms with Crippen LogP contribution in [-0.2, 0) is 0 Å². The van der Waals surface area contributed by atoms with Gasteiger partial charge in [0, 0.05) is 17.7 Å². The highest BCUT2D eigenvalue weighted by molar-refractivity contribution is 5.95. The van der Waals surface area contributed by atoms with Gasteiger partial charge in [-0.1, -0.05) is 23.8 Å². The number of carbonyl (C=O) groups excluding carboxylic acids is 1. The first kappa shape index (κ1) is 22.2. The van der Waals surface area contributed by atoms with Crippen molar-refractivity contribution in [2.45, 2.75) is 20.8 Å². The molecule has 0 aliphatic rings. The average Bonchev–Trinajstić information content (AvgIpc) is 2.72. The summed E-state index contributed by atoms with van der Waals surface area (Å²) in [4.78, 5) is 49.2. The predicted molar refractivity (Wildman–Crippen MR) is 117 cm³/mol. The summed E-state index contributed by atoms with van der Waals surface area (Å²) in [6.45, 7) is 5.42. The van der Waals surface area contributed by atoms with Crippen LogP contribution < -0.4 is 16.7 Å². The molecule has 0 radical (unpaired) electrons. The van der Waals surface area contributed by atoms with Crippen molar-refractivity contribution >= 4 is 17.8 Å². The number of nitro benzene ring substituents is 1. The van der Waals surface area contributed by atoms with E-state index in [-0.39, 0.29) is 16.8 Å². The Morgan fingerprint density at radius 2 is 1.84 bits per heavy atom. The second kappa shape index (κ2) is 8.68. The molecule has 1 amide bonds. The van der Waals surface area contributed by atoms with Crippen LogP contribution in [0.5, 0.6) is 5.88 Å². The summed E-state index contributed by atoms with van der Waals surface area (Å²) in [5.41, 5.74) is 2.52. The van der Waals surface area contributed by atoms with Gasteiger partial charge in [0.2, 0.25) is 5.88 Å². The molecule has 0 aliphatic heterocycles. The molecule has 0 atom stereocenters. The quantitative estimate of drug-likeness (QED) is 0.314. The molecule has 2 aromatic carbocycles. The van der Waals surface area contributed by atoms with Crippen LogP contribution in [0.25, 0.3) is 5.69 Å². The molecule has 3 aromatic rings. The molecule has 32 heavy (non-hydrogen) atoms. The lowest BCUT2D eigenvalue weighted by Gasteiger charge is -2.15. The molecule has 0 aliphatic carbocycles. The maximum Gasteiger partial charge on any atom is 0.335 e. The first-order valence-corrected chi connectivity index (χ1v) is 9.34. The first-order chi connectivity index (χ1) is 15.1. The number of hydrogen-bond donors (Lipinski definition) is 3. The average molecular weight is 437 g/mol. The van der Waals surface area contributed by atoms with Crippen molar-refractivity contribution in [2.24, 2.45) is 5.10 Å². The van der Waals surface area contributed by atoms with Crippen molar-refractivity contribution in [3.8, 4) is 11.6 Å². The van der Waals surface area contributed by atoms with Crippen molar-refractivity contribution in [3.63, 3.8) is 0 Å². The lowest BCUT2D eigenvalue weighted by atomic mass is 10.0. The van der Waals surface area contributed by atoms with Crippen LogP contribution in [0.2, 0.25) is 0 Å². The van der Waals surface area contributed by atoms with E-state index in [1.54, 1.807) is 13.8 Å². The number of H-pyrrole nitrogens is 1. The largest absolute Gasteiger partial charge is 0.493 e. The number of carbonyl (C=O) groups is 1. The van der Waals surface area contributed by atoms with E-state index in [1.807, 2.05) is 19.1 Å². The van der Waals surface area contributed by atoms with Crippen LogP contribution >= 0.6 is 0 Å². The van der Waals surface area contributed by atoms with E-state index in [2.05, 4.69) is 15.5 Å². The normalized spacial score (nSPS) is 11.0. The number of hydrazone groups is 1. The summed E-state index contributed by atoms with van der Waals surface area (Å²) in [6, 6.07) is 8.65. The predicted octanol–water partition coefficient (Wildman–Crippen LogP) is 1.83. The highest BCUT2D eigenvalue weighted by Crippen LogP contribution is 2.23. The third-order valence-electron chi connectivity index (χ3n) is 4.66. The van der Waals surface area contributed by atoms with Crippen LogP contribution in [0.15, 0.2) is 51.1 Å². The molecule has 1 heterocycles. The fourth-order valence-electron chi connectivity index (χ4n) is 3.37. The van der Waals surface area contributed by atoms with Gasteiger partial charge >= 0.3 is 5.69 Å². The number of nitrogens with zero attached hydrogens (tertiary/aromatic N) is 3. The molecule has 164 valence electrons. The minimum Gasteiger partial charge on any atom is -0.493 e. The van der Waals surface area contributed by atoms with Crippen molar-refractivity contribution in [1.29, 1.82) is 0 Å². The Kier molecular flexibility index (Phi) is 6.01. The zero-order chi connectivity index (χ0) is 23.6. The van der Waals surface area contributed by atoms with Crippen LogP contribution in [0, 0.1) is 30.9 Å². The fraction of sp³-hybridized carbons (Fsp3) is 0.143. The van der Waals surface area contributed by atoms with Crippen molar-refractivity contribution in [2.75, 3.05) is 0 Å². The van der Waals surface area contributed by atoms with Gasteiger partial charge in [0.15, 0.2) is 0 Å². The zero-order valence-electron chi connectivity index (χ0n) is 17.4. The molecule has 0 fully saturated rings. The highest BCUT2D eigenvalue weighted by atomic mass is 16.6. The van der Waals surface area contributed by atoms with Gasteiger partial charge in [0.1, 0.15) is 5.56 Å². The molecule has 0 saturated carbocycles. The van der Waals surface area contributed by atoms with Gasteiger partial charge in [-0.2, -0.15) is 5.10 Å². The fourth-order valence-corrected chi connectivity index (χ4v) is 3.37. The number of aromatic amines is 1. The van der Waals surface area contributed by atoms with Crippen molar-refractivity contribution in [3.05, 3.63) is 95.2 Å². The SMILES string of the molecule is Cc1cc(C)c(-n2c(O)c(C=NNC(=O)c3cccc([N+](=O)[O-])c3)c(=O)[nH]c2=O)c(C)c1. The Balaban J connectivity index is 1.97. The summed E-state index contributed by atoms with van der Waals surface area (Å²) >= 11 is 0. The zero-order valence-corrected chi connectivity index (χ0v) is 17.4. The van der Waals surface area contributed by atoms with E-state index in [4.69, 9.17) is 0 Å². The molecule has 11 heteroatoms. The molecule has 1 aromatic heterocycles. The first-order valence-electron chi connectivity index (χ1n) is 9.34. The molecule has 3 rings (SSSR count). The molecule has 3 N–H and O–H groups in total. The van der Waals surface area contributed by atoms with Crippen LogP contribution in [0.3, 0.4) is 0 Å². The highest BCUT2D eigenvalue weighted by Gasteiger charge is 2.18. The third kappa shape index (κ3) is 4.31. The van der Waals surface area contributed by atoms with Gasteiger partial charge < -0.3 is 5.11 Å². The molecule has 11 nitrogen and oxygen atoms in total. The molecule has 0 unspecified atom stereocenters. The Hall–Kier alpha value is -4.54. The minimum atomic E-state index is -0.903. The lowest BCUT2D eigenvalue weighted by molar-refractivity contribution is -0.384. The maximum atomic E-state index is 12.4. The van der Waals surface area contributed by atoms with E-state index in [9.17, 15) is 29.6 Å². The van der Waals surface area contributed by atoms with E-state index >= 15 is 0 Å². The number of hydrogen-bond acceptors (Lipinski definition) is 7. The maximum absolute atomic E-state index is 12.4. The van der Waals surface area contributed by atoms with Gasteiger partial charge in [0.25, 0.3) is 17.2 Å². The number of aryl methyl sites for hydroxylation is 3. The summed E-state index contributed by atoms with van der Waals surface area (Å²) in [5, 5.41) is 25.2. The van der Waals surface area contributed by atoms with E-state index in [0.717, 1.165) is 22.4 Å². The summed E-state index contributed by atoms with van der Waals surface area (Å²) in [6.07, 6.45) is 0.887. The monoisotopic (exact) mass is 437 g/mol. The number of benzene rings is 2. The summed E-state index contributed by atoms with van der Waals surface area (Å²) in [7, 11) is 0. The van der Waals surface area contributed by atoms with E-state index < -0.39 is 28.0 Å². The number of aromatic hydroxyl groups is 1. The Labute approximate surface area is 180 Å². The van der Waals surface area contributed by atoms with Gasteiger partial charge in [-0.15, -0.1) is 0 Å². The molecular weight excluding hydrogens is 418 g/mol. The number of nitrogens with one attached hydrogen (secondary N) is 2. The van der Waals surface area contributed by atoms with Crippen LogP contribution in [0.4, 0.5) is 5.69 Å². The topological polar surface area (TPSA) is 160 Å². The Morgan fingerprint density at radius 1 is 1.19 bits per heavy atom. The molecular formula is C21H19N5O6. The van der Waals surface area contributed by atoms with Gasteiger partial charge in [-0.25, -0.2) is 14.8 Å². The second-order valence-electron chi connectivity index (χ2n) is 7.09. The summed E-state index contributed by atoms with van der Waals surface area (Å²) < 4.78 is 0.954. The Morgan fingerprint density at radius 3 is 2.47 bits per heavy atom. The van der Waals surface area contributed by atoms with E-state index in [0.29, 0.717) is 16.8 Å². The number of aromatic nitrogens is 2. The molecule has 0 saturated heterocycles. The lowest BCUT2D eigenvalue weighted by Crippen LogP contribution is -2.32. The van der Waals surface area contributed by atoms with Gasteiger partial charge in [0.05, 0.1) is 16.8 Å². The smallest absolute Gasteiger partial charge is 0.335 e. The summed E-state index contributed by atoms with van der Waals surface area (Å²) in [5.74, 6) is -1.42. The molecule has 0 bridgehead atoms. The third-order valence-corrected chi connectivity index (χ3v) is 4.66.